The third-order valence-electron chi connectivity index (χ3n) is 1.35. The summed E-state index contributed by atoms with van der Waals surface area (Å²) in [6.45, 7) is 2.22. The lowest BCUT2D eigenvalue weighted by molar-refractivity contribution is 0.669. The highest BCUT2D eigenvalue weighted by molar-refractivity contribution is 7.84. The molecule has 0 bridgehead atoms. The number of thiol groups is 2. The number of rotatable bonds is 5. The Labute approximate surface area is 69.2 Å². The van der Waals surface area contributed by atoms with Gasteiger partial charge in [0.25, 0.3) is 0 Å². The van der Waals surface area contributed by atoms with Crippen molar-refractivity contribution >= 4 is 25.3 Å². The summed E-state index contributed by atoms with van der Waals surface area (Å²) in [6.07, 6.45) is 5.17. The van der Waals surface area contributed by atoms with Gasteiger partial charge in [-0.2, -0.15) is 25.3 Å². The third kappa shape index (κ3) is 6.59. The zero-order valence-corrected chi connectivity index (χ0v) is 7.80. The van der Waals surface area contributed by atoms with Gasteiger partial charge in [0.15, 0.2) is 0 Å². The van der Waals surface area contributed by atoms with Gasteiger partial charge in [-0.05, 0) is 6.42 Å². The second kappa shape index (κ2) is 6.81. The van der Waals surface area contributed by atoms with Crippen molar-refractivity contribution in [1.82, 2.24) is 0 Å². The summed E-state index contributed by atoms with van der Waals surface area (Å²) in [4.78, 5) is 0. The van der Waals surface area contributed by atoms with E-state index in [1.165, 1.54) is 25.7 Å². The van der Waals surface area contributed by atoms with E-state index in [-0.39, 0.29) is 0 Å². The molecule has 0 heterocycles. The molecule has 0 aliphatic heterocycles. The van der Waals surface area contributed by atoms with E-state index in [0.717, 1.165) is 5.75 Å². The van der Waals surface area contributed by atoms with Crippen LogP contribution in [0.4, 0.5) is 0 Å². The molecule has 2 heteroatoms. The van der Waals surface area contributed by atoms with Crippen molar-refractivity contribution in [2.45, 2.75) is 37.9 Å². The van der Waals surface area contributed by atoms with Gasteiger partial charge in [-0.1, -0.05) is 26.2 Å². The van der Waals surface area contributed by atoms with Gasteiger partial charge in [0.05, 0.1) is 0 Å². The predicted octanol–water partition coefficient (Wildman–Crippen LogP) is 2.79. The maximum absolute atomic E-state index is 4.33. The van der Waals surface area contributed by atoms with Crippen LogP contribution in [0.2, 0.25) is 0 Å². The highest BCUT2D eigenvalue weighted by Gasteiger charge is 1.97. The van der Waals surface area contributed by atoms with E-state index in [1.54, 1.807) is 0 Å². The second-order valence-electron chi connectivity index (χ2n) is 2.33. The first-order valence-corrected chi connectivity index (χ1v) is 4.75. The first-order chi connectivity index (χ1) is 4.31. The molecule has 0 aliphatic rings. The Morgan fingerprint density at radius 2 is 2.00 bits per heavy atom. The molecule has 1 unspecified atom stereocenters. The van der Waals surface area contributed by atoms with Crippen LogP contribution < -0.4 is 0 Å². The number of hydrogen-bond acceptors (Lipinski definition) is 2. The molecular formula is C7H16S2. The molecule has 1 atom stereocenters. The molecule has 0 rings (SSSR count). The number of unbranched alkanes of at least 4 members (excludes halogenated alkanes) is 2. The minimum absolute atomic E-state index is 0.514. The van der Waals surface area contributed by atoms with E-state index < -0.39 is 0 Å². The molecule has 9 heavy (non-hydrogen) atoms. The number of hydrogen-bond donors (Lipinski definition) is 2. The summed E-state index contributed by atoms with van der Waals surface area (Å²) >= 11 is 8.47. The molecule has 0 aromatic carbocycles. The molecule has 0 spiro atoms. The van der Waals surface area contributed by atoms with Crippen LogP contribution >= 0.6 is 25.3 Å². The van der Waals surface area contributed by atoms with Gasteiger partial charge < -0.3 is 0 Å². The average molecular weight is 164 g/mol. The van der Waals surface area contributed by atoms with Crippen molar-refractivity contribution in [1.29, 1.82) is 0 Å². The van der Waals surface area contributed by atoms with Gasteiger partial charge in [0.1, 0.15) is 0 Å². The largest absolute Gasteiger partial charge is 0.178 e. The highest BCUT2D eigenvalue weighted by atomic mass is 32.1. The van der Waals surface area contributed by atoms with Gasteiger partial charge in [0, 0.05) is 11.0 Å². The van der Waals surface area contributed by atoms with Crippen LogP contribution in [0.3, 0.4) is 0 Å². The predicted molar refractivity (Wildman–Crippen MR) is 50.8 cm³/mol. The van der Waals surface area contributed by atoms with Crippen molar-refractivity contribution in [3.8, 4) is 0 Å². The van der Waals surface area contributed by atoms with Gasteiger partial charge >= 0.3 is 0 Å². The van der Waals surface area contributed by atoms with Crippen molar-refractivity contribution in [3.05, 3.63) is 0 Å². The summed E-state index contributed by atoms with van der Waals surface area (Å²) in [6, 6.07) is 0. The first-order valence-electron chi connectivity index (χ1n) is 3.60. The second-order valence-corrected chi connectivity index (χ2v) is 3.43. The van der Waals surface area contributed by atoms with Crippen LogP contribution in [0.5, 0.6) is 0 Å². The first kappa shape index (κ1) is 9.70. The van der Waals surface area contributed by atoms with E-state index >= 15 is 0 Å². The summed E-state index contributed by atoms with van der Waals surface area (Å²) < 4.78 is 0. The fraction of sp³-hybridized carbons (Fsp3) is 1.00. The van der Waals surface area contributed by atoms with Crippen LogP contribution in [0.25, 0.3) is 0 Å². The average Bonchev–Trinajstić information content (AvgIpc) is 1.89. The van der Waals surface area contributed by atoms with Crippen molar-refractivity contribution < 1.29 is 0 Å². The summed E-state index contributed by atoms with van der Waals surface area (Å²) in [7, 11) is 0. The van der Waals surface area contributed by atoms with Gasteiger partial charge in [-0.3, -0.25) is 0 Å². The molecule has 0 saturated heterocycles. The lowest BCUT2D eigenvalue weighted by Crippen LogP contribution is -1.99. The molecule has 0 aromatic heterocycles. The molecule has 0 aromatic rings. The van der Waals surface area contributed by atoms with E-state index in [2.05, 4.69) is 32.2 Å². The van der Waals surface area contributed by atoms with Gasteiger partial charge in [0.2, 0.25) is 0 Å². The minimum Gasteiger partial charge on any atom is -0.178 e. The van der Waals surface area contributed by atoms with E-state index in [9.17, 15) is 0 Å². The lowest BCUT2D eigenvalue weighted by atomic mass is 10.2. The Balaban J connectivity index is 2.88. The molecule has 0 aliphatic carbocycles. The minimum atomic E-state index is 0.514. The fourth-order valence-corrected chi connectivity index (χ4v) is 1.09. The summed E-state index contributed by atoms with van der Waals surface area (Å²) in [5.41, 5.74) is 0. The summed E-state index contributed by atoms with van der Waals surface area (Å²) in [5, 5.41) is 0.514. The van der Waals surface area contributed by atoms with Crippen LogP contribution in [0, 0.1) is 0 Å². The maximum atomic E-state index is 4.33. The monoisotopic (exact) mass is 164 g/mol. The molecule has 0 fully saturated rings. The molecule has 0 radical (unpaired) electrons. The lowest BCUT2D eigenvalue weighted by Gasteiger charge is -2.04. The van der Waals surface area contributed by atoms with E-state index in [0.29, 0.717) is 5.25 Å². The third-order valence-corrected chi connectivity index (χ3v) is 2.52. The highest BCUT2D eigenvalue weighted by Crippen LogP contribution is 2.09. The summed E-state index contributed by atoms with van der Waals surface area (Å²) in [5.74, 6) is 0.910. The Kier molecular flexibility index (Phi) is 7.34. The Hall–Kier alpha value is 0.700. The quantitative estimate of drug-likeness (QED) is 0.453. The molecule has 0 nitrogen and oxygen atoms in total. The Morgan fingerprint density at radius 3 is 2.44 bits per heavy atom. The molecule has 0 amide bonds. The van der Waals surface area contributed by atoms with Gasteiger partial charge in [-0.25, -0.2) is 0 Å². The standard InChI is InChI=1S/C7H16S2/c1-2-3-4-5-7(9)6-8/h7-9H,2-6H2,1H3. The van der Waals surface area contributed by atoms with E-state index in [4.69, 9.17) is 0 Å². The van der Waals surface area contributed by atoms with E-state index in [1.807, 2.05) is 0 Å². The van der Waals surface area contributed by atoms with Crippen molar-refractivity contribution in [2.24, 2.45) is 0 Å². The fourth-order valence-electron chi connectivity index (χ4n) is 0.721. The van der Waals surface area contributed by atoms with Crippen molar-refractivity contribution in [2.75, 3.05) is 5.75 Å². The Bertz CT molecular complexity index is 54.9. The zero-order chi connectivity index (χ0) is 7.11. The zero-order valence-electron chi connectivity index (χ0n) is 6.01. The molecular weight excluding hydrogens is 148 g/mol. The smallest absolute Gasteiger partial charge is 0.0105 e. The normalized spacial score (nSPS) is 13.7. The SMILES string of the molecule is CCCCCC(S)CS. The topological polar surface area (TPSA) is 0 Å². The molecule has 0 saturated carbocycles. The van der Waals surface area contributed by atoms with Crippen LogP contribution in [-0.2, 0) is 0 Å². The van der Waals surface area contributed by atoms with Gasteiger partial charge in [-0.15, -0.1) is 0 Å². The van der Waals surface area contributed by atoms with Crippen molar-refractivity contribution in [3.63, 3.8) is 0 Å². The molecule has 0 N–H and O–H groups in total. The van der Waals surface area contributed by atoms with Crippen LogP contribution in [0.15, 0.2) is 0 Å². The molecule has 56 valence electrons. The van der Waals surface area contributed by atoms with Crippen LogP contribution in [-0.4, -0.2) is 11.0 Å². The van der Waals surface area contributed by atoms with Crippen LogP contribution in [0.1, 0.15) is 32.6 Å². The maximum Gasteiger partial charge on any atom is 0.0105 e. The Morgan fingerprint density at radius 1 is 1.33 bits per heavy atom.